The quantitative estimate of drug-likeness (QED) is 0.695. The van der Waals surface area contributed by atoms with Crippen molar-refractivity contribution in [2.45, 2.75) is 0 Å². The van der Waals surface area contributed by atoms with Gasteiger partial charge in [-0.25, -0.2) is 4.98 Å². The number of nitrogens with zero attached hydrogens (tertiary/aromatic N) is 1. The minimum absolute atomic E-state index is 0.0208. The Morgan fingerprint density at radius 1 is 1.07 bits per heavy atom. The zero-order valence-corrected chi connectivity index (χ0v) is 15.6. The molecule has 7 nitrogen and oxygen atoms in total. The molecule has 0 atom stereocenters. The molecule has 2 N–H and O–H groups in total. The van der Waals surface area contributed by atoms with E-state index in [4.69, 9.17) is 25.8 Å². The lowest BCUT2D eigenvalue weighted by Gasteiger charge is -2.09. The number of rotatable bonds is 5. The van der Waals surface area contributed by atoms with E-state index in [2.05, 4.69) is 9.97 Å². The van der Waals surface area contributed by atoms with Crippen LogP contribution >= 0.6 is 11.6 Å². The van der Waals surface area contributed by atoms with Crippen LogP contribution in [0.4, 0.5) is 0 Å². The number of methoxy groups -OCH3 is 3. The Labute approximate surface area is 159 Å². The predicted molar refractivity (Wildman–Crippen MR) is 104 cm³/mol. The number of phenolic OH excluding ortho intramolecular Hbond substituents is 1. The third kappa shape index (κ3) is 3.68. The number of halogens is 1. The fourth-order valence-corrected chi connectivity index (χ4v) is 2.81. The first kappa shape index (κ1) is 18.6. The minimum atomic E-state index is -0.361. The van der Waals surface area contributed by atoms with Crippen molar-refractivity contribution in [2.75, 3.05) is 21.3 Å². The first-order chi connectivity index (χ1) is 13.0. The van der Waals surface area contributed by atoms with Gasteiger partial charge in [0.2, 0.25) is 0 Å². The van der Waals surface area contributed by atoms with E-state index in [-0.39, 0.29) is 22.2 Å². The molecule has 0 spiro atoms. The molecule has 1 aromatic heterocycles. The van der Waals surface area contributed by atoms with Crippen LogP contribution in [0.15, 0.2) is 35.1 Å². The standard InChI is InChI=1S/C19H17ClN2O5/c1-25-15-5-4-10(7-14(15)23)6-12(20)18-21-13-9-17(27-3)16(26-2)8-11(13)19(24)22-18/h4-9,23H,1-3H3,(H,21,22,24)/b12-6-. The van der Waals surface area contributed by atoms with Crippen molar-refractivity contribution in [3.8, 4) is 23.0 Å². The predicted octanol–water partition coefficient (Wildman–Crippen LogP) is 3.39. The third-order valence-corrected chi connectivity index (χ3v) is 4.22. The van der Waals surface area contributed by atoms with Gasteiger partial charge in [-0.1, -0.05) is 17.7 Å². The summed E-state index contributed by atoms with van der Waals surface area (Å²) >= 11 is 6.33. The zero-order valence-electron chi connectivity index (χ0n) is 14.9. The maximum absolute atomic E-state index is 12.4. The maximum atomic E-state index is 12.4. The van der Waals surface area contributed by atoms with E-state index in [1.807, 2.05) is 0 Å². The van der Waals surface area contributed by atoms with Crippen molar-refractivity contribution in [1.29, 1.82) is 0 Å². The number of phenols is 1. The Kier molecular flexibility index (Phi) is 5.23. The molecule has 0 aliphatic heterocycles. The van der Waals surface area contributed by atoms with E-state index in [0.717, 1.165) is 0 Å². The number of fused-ring (bicyclic) bond motifs is 1. The first-order valence-corrected chi connectivity index (χ1v) is 8.25. The molecule has 0 aliphatic rings. The van der Waals surface area contributed by atoms with Gasteiger partial charge in [-0.05, 0) is 29.8 Å². The van der Waals surface area contributed by atoms with Crippen LogP contribution < -0.4 is 19.8 Å². The summed E-state index contributed by atoms with van der Waals surface area (Å²) in [5, 5.41) is 10.4. The lowest BCUT2D eigenvalue weighted by atomic mass is 10.2. The molecule has 8 heteroatoms. The third-order valence-electron chi connectivity index (χ3n) is 3.93. The van der Waals surface area contributed by atoms with Gasteiger partial charge in [0.1, 0.15) is 0 Å². The van der Waals surface area contributed by atoms with Crippen molar-refractivity contribution in [3.63, 3.8) is 0 Å². The minimum Gasteiger partial charge on any atom is -0.504 e. The van der Waals surface area contributed by atoms with E-state index in [9.17, 15) is 9.90 Å². The van der Waals surface area contributed by atoms with Gasteiger partial charge in [0, 0.05) is 6.07 Å². The number of aromatic amines is 1. The lowest BCUT2D eigenvalue weighted by molar-refractivity contribution is 0.355. The summed E-state index contributed by atoms with van der Waals surface area (Å²) in [5.41, 5.74) is 0.670. The second kappa shape index (κ2) is 7.59. The van der Waals surface area contributed by atoms with E-state index in [1.165, 1.54) is 27.4 Å². The molecular formula is C19H17ClN2O5. The Hall–Kier alpha value is -3.19. The molecule has 3 rings (SSSR count). The molecule has 3 aromatic rings. The number of ether oxygens (including phenoxy) is 3. The number of benzene rings is 2. The highest BCUT2D eigenvalue weighted by atomic mass is 35.5. The first-order valence-electron chi connectivity index (χ1n) is 7.87. The monoisotopic (exact) mass is 388 g/mol. The van der Waals surface area contributed by atoms with Gasteiger partial charge in [0.25, 0.3) is 5.56 Å². The molecule has 0 bridgehead atoms. The summed E-state index contributed by atoms with van der Waals surface area (Å²) in [5.74, 6) is 1.40. The highest BCUT2D eigenvalue weighted by molar-refractivity contribution is 6.50. The molecule has 0 radical (unpaired) electrons. The van der Waals surface area contributed by atoms with Crippen molar-refractivity contribution >= 4 is 33.6 Å². The Balaban J connectivity index is 2.08. The number of hydrogen-bond donors (Lipinski definition) is 2. The SMILES string of the molecule is COc1ccc(/C=C(\Cl)c2nc3cc(OC)c(OC)cc3c(=O)[nH]2)cc1O. The molecule has 0 aliphatic carbocycles. The molecule has 0 amide bonds. The zero-order chi connectivity index (χ0) is 19.6. The van der Waals surface area contributed by atoms with Gasteiger partial charge < -0.3 is 24.3 Å². The summed E-state index contributed by atoms with van der Waals surface area (Å²) in [4.78, 5) is 19.5. The molecule has 0 fully saturated rings. The van der Waals surface area contributed by atoms with Crippen LogP contribution in [-0.4, -0.2) is 36.4 Å². The molecular weight excluding hydrogens is 372 g/mol. The van der Waals surface area contributed by atoms with Crippen molar-refractivity contribution in [3.05, 3.63) is 52.1 Å². The molecule has 140 valence electrons. The van der Waals surface area contributed by atoms with Gasteiger partial charge in [0.15, 0.2) is 28.8 Å². The van der Waals surface area contributed by atoms with Crippen molar-refractivity contribution in [2.24, 2.45) is 0 Å². The molecule has 0 saturated heterocycles. The average molecular weight is 389 g/mol. The second-order valence-electron chi connectivity index (χ2n) is 5.56. The number of aromatic nitrogens is 2. The van der Waals surface area contributed by atoms with Crippen LogP contribution in [0.3, 0.4) is 0 Å². The number of hydrogen-bond acceptors (Lipinski definition) is 6. The summed E-state index contributed by atoms with van der Waals surface area (Å²) in [6.45, 7) is 0. The van der Waals surface area contributed by atoms with Gasteiger partial charge in [-0.15, -0.1) is 0 Å². The molecule has 1 heterocycles. The Morgan fingerprint density at radius 3 is 2.37 bits per heavy atom. The average Bonchev–Trinajstić information content (AvgIpc) is 2.67. The van der Waals surface area contributed by atoms with Crippen LogP contribution in [0.5, 0.6) is 23.0 Å². The van der Waals surface area contributed by atoms with Crippen LogP contribution in [0.2, 0.25) is 0 Å². The highest BCUT2D eigenvalue weighted by Crippen LogP contribution is 2.31. The van der Waals surface area contributed by atoms with Gasteiger partial charge in [0.05, 0.1) is 37.3 Å². The van der Waals surface area contributed by atoms with Gasteiger partial charge in [-0.3, -0.25) is 4.79 Å². The number of nitrogens with one attached hydrogen (secondary N) is 1. The molecule has 0 saturated carbocycles. The maximum Gasteiger partial charge on any atom is 0.259 e. The van der Waals surface area contributed by atoms with Gasteiger partial charge in [-0.2, -0.15) is 0 Å². The van der Waals surface area contributed by atoms with Crippen LogP contribution in [0.1, 0.15) is 11.4 Å². The summed E-state index contributed by atoms with van der Waals surface area (Å²) < 4.78 is 15.5. The second-order valence-corrected chi connectivity index (χ2v) is 5.97. The van der Waals surface area contributed by atoms with E-state index >= 15 is 0 Å². The lowest BCUT2D eigenvalue weighted by Crippen LogP contribution is -2.11. The topological polar surface area (TPSA) is 93.7 Å². The molecule has 2 aromatic carbocycles. The normalized spacial score (nSPS) is 11.5. The van der Waals surface area contributed by atoms with E-state index < -0.39 is 0 Å². The molecule has 27 heavy (non-hydrogen) atoms. The van der Waals surface area contributed by atoms with Gasteiger partial charge >= 0.3 is 0 Å². The largest absolute Gasteiger partial charge is 0.504 e. The smallest absolute Gasteiger partial charge is 0.259 e. The van der Waals surface area contributed by atoms with Crippen LogP contribution in [-0.2, 0) is 0 Å². The van der Waals surface area contributed by atoms with E-state index in [1.54, 1.807) is 30.3 Å². The van der Waals surface area contributed by atoms with Crippen molar-refractivity contribution < 1.29 is 19.3 Å². The van der Waals surface area contributed by atoms with Crippen LogP contribution in [0, 0.1) is 0 Å². The summed E-state index contributed by atoms with van der Waals surface area (Å²) in [6.07, 6.45) is 1.57. The van der Waals surface area contributed by atoms with E-state index in [0.29, 0.717) is 33.7 Å². The number of aromatic hydroxyl groups is 1. The number of H-pyrrole nitrogens is 1. The Bertz CT molecular complexity index is 1090. The fourth-order valence-electron chi connectivity index (χ4n) is 2.59. The van der Waals surface area contributed by atoms with Crippen LogP contribution in [0.25, 0.3) is 22.0 Å². The fraction of sp³-hybridized carbons (Fsp3) is 0.158. The summed E-state index contributed by atoms with van der Waals surface area (Å²) in [6, 6.07) is 7.99. The molecule has 0 unspecified atom stereocenters. The van der Waals surface area contributed by atoms with Crippen molar-refractivity contribution in [1.82, 2.24) is 9.97 Å². The summed E-state index contributed by atoms with van der Waals surface area (Å²) in [7, 11) is 4.45. The highest BCUT2D eigenvalue weighted by Gasteiger charge is 2.12. The Morgan fingerprint density at radius 2 is 1.74 bits per heavy atom.